The van der Waals surface area contributed by atoms with Crippen LogP contribution in [0.1, 0.15) is 18.2 Å². The van der Waals surface area contributed by atoms with Crippen LogP contribution in [-0.4, -0.2) is 16.5 Å². The highest BCUT2D eigenvalue weighted by Crippen LogP contribution is 2.29. The lowest BCUT2D eigenvalue weighted by Crippen LogP contribution is -2.03. The Hall–Kier alpha value is -2.63. The number of anilines is 1. The molecule has 0 aliphatic heterocycles. The molecule has 6 heteroatoms. The van der Waals surface area contributed by atoms with Gasteiger partial charge in [-0.3, -0.25) is 15.1 Å². The molecule has 6 nitrogen and oxygen atoms in total. The molecule has 0 unspecified atom stereocenters. The molecule has 0 saturated heterocycles. The zero-order valence-electron chi connectivity index (χ0n) is 12.0. The third-order valence-corrected chi connectivity index (χ3v) is 2.93. The maximum absolute atomic E-state index is 11.1. The lowest BCUT2D eigenvalue weighted by atomic mass is 10.2. The first-order valence-electron chi connectivity index (χ1n) is 6.66. The molecular formula is C15H17N3O3. The van der Waals surface area contributed by atoms with Crippen molar-refractivity contribution < 1.29 is 9.66 Å². The van der Waals surface area contributed by atoms with Crippen LogP contribution in [0.3, 0.4) is 0 Å². The molecule has 0 bridgehead atoms. The minimum Gasteiger partial charge on any atom is -0.494 e. The molecule has 1 N–H and O–H groups in total. The summed E-state index contributed by atoms with van der Waals surface area (Å²) in [6.07, 6.45) is 1.75. The molecule has 0 atom stereocenters. The number of nitro groups is 1. The number of hydrogen-bond acceptors (Lipinski definition) is 5. The summed E-state index contributed by atoms with van der Waals surface area (Å²) in [5.74, 6) is 0.492. The summed E-state index contributed by atoms with van der Waals surface area (Å²) in [5.41, 5.74) is 2.36. The Morgan fingerprint density at radius 3 is 2.76 bits per heavy atom. The molecule has 2 rings (SSSR count). The molecule has 0 fully saturated rings. The maximum atomic E-state index is 11.1. The number of aromatic nitrogens is 1. The van der Waals surface area contributed by atoms with Gasteiger partial charge in [0, 0.05) is 18.4 Å². The van der Waals surface area contributed by atoms with E-state index in [-0.39, 0.29) is 5.69 Å². The van der Waals surface area contributed by atoms with Crippen molar-refractivity contribution in [2.75, 3.05) is 11.9 Å². The normalized spacial score (nSPS) is 10.2. The average Bonchev–Trinajstić information content (AvgIpc) is 2.47. The van der Waals surface area contributed by atoms with Crippen LogP contribution < -0.4 is 10.1 Å². The van der Waals surface area contributed by atoms with Gasteiger partial charge in [0.25, 0.3) is 5.69 Å². The van der Waals surface area contributed by atoms with E-state index in [2.05, 4.69) is 10.3 Å². The third-order valence-electron chi connectivity index (χ3n) is 2.93. The quantitative estimate of drug-likeness (QED) is 0.651. The van der Waals surface area contributed by atoms with Crippen LogP contribution in [-0.2, 0) is 6.54 Å². The van der Waals surface area contributed by atoms with Crippen LogP contribution in [0.25, 0.3) is 0 Å². The minimum atomic E-state index is -0.418. The molecule has 1 heterocycles. The molecule has 0 aliphatic rings. The highest BCUT2D eigenvalue weighted by atomic mass is 16.6. The molecule has 110 valence electrons. The van der Waals surface area contributed by atoms with Gasteiger partial charge >= 0.3 is 0 Å². The molecular weight excluding hydrogens is 270 g/mol. The number of benzene rings is 1. The van der Waals surface area contributed by atoms with Crippen molar-refractivity contribution in [1.82, 2.24) is 4.98 Å². The molecule has 21 heavy (non-hydrogen) atoms. The Labute approximate surface area is 122 Å². The van der Waals surface area contributed by atoms with Crippen LogP contribution in [0.5, 0.6) is 5.75 Å². The van der Waals surface area contributed by atoms with E-state index >= 15 is 0 Å². The van der Waals surface area contributed by atoms with Crippen molar-refractivity contribution >= 4 is 11.4 Å². The van der Waals surface area contributed by atoms with Crippen molar-refractivity contribution in [2.45, 2.75) is 20.4 Å². The van der Waals surface area contributed by atoms with E-state index < -0.39 is 4.92 Å². The van der Waals surface area contributed by atoms with Gasteiger partial charge in [-0.15, -0.1) is 0 Å². The molecule has 0 spiro atoms. The van der Waals surface area contributed by atoms with E-state index in [9.17, 15) is 10.1 Å². The molecule has 2 aromatic rings. The van der Waals surface area contributed by atoms with Gasteiger partial charge < -0.3 is 10.1 Å². The van der Waals surface area contributed by atoms with Gasteiger partial charge in [0.2, 0.25) is 0 Å². The number of aryl methyl sites for hydroxylation is 1. The summed E-state index contributed by atoms with van der Waals surface area (Å²) in [5, 5.41) is 14.2. The van der Waals surface area contributed by atoms with E-state index in [0.29, 0.717) is 24.6 Å². The Morgan fingerprint density at radius 2 is 2.14 bits per heavy atom. The zero-order valence-corrected chi connectivity index (χ0v) is 12.0. The van der Waals surface area contributed by atoms with E-state index in [1.54, 1.807) is 18.3 Å². The predicted octanol–water partition coefficient (Wildman–Crippen LogP) is 3.31. The molecule has 0 amide bonds. The van der Waals surface area contributed by atoms with Gasteiger partial charge in [-0.1, -0.05) is 6.07 Å². The number of pyridine rings is 1. The summed E-state index contributed by atoms with van der Waals surface area (Å²) in [6.45, 7) is 4.69. The van der Waals surface area contributed by atoms with Crippen molar-refractivity contribution in [3.63, 3.8) is 0 Å². The SMILES string of the molecule is CCOc1ccc(NCc2ccc(C)nc2)c([N+](=O)[O-])c1. The van der Waals surface area contributed by atoms with Gasteiger partial charge in [-0.05, 0) is 37.6 Å². The summed E-state index contributed by atoms with van der Waals surface area (Å²) in [4.78, 5) is 14.9. The number of rotatable bonds is 6. The number of ether oxygens (including phenoxy) is 1. The van der Waals surface area contributed by atoms with Crippen molar-refractivity contribution in [1.29, 1.82) is 0 Å². The standard InChI is InChI=1S/C15H17N3O3/c1-3-21-13-6-7-14(15(8-13)18(19)20)17-10-12-5-4-11(2)16-9-12/h4-9,17H,3,10H2,1-2H3. The highest BCUT2D eigenvalue weighted by molar-refractivity contribution is 5.64. The minimum absolute atomic E-state index is 0.000945. The van der Waals surface area contributed by atoms with Crippen LogP contribution in [0, 0.1) is 17.0 Å². The second-order valence-corrected chi connectivity index (χ2v) is 4.53. The highest BCUT2D eigenvalue weighted by Gasteiger charge is 2.15. The van der Waals surface area contributed by atoms with Gasteiger partial charge in [-0.2, -0.15) is 0 Å². The first-order valence-corrected chi connectivity index (χ1v) is 6.66. The van der Waals surface area contributed by atoms with Crippen LogP contribution in [0.4, 0.5) is 11.4 Å². The van der Waals surface area contributed by atoms with Crippen molar-refractivity contribution in [2.24, 2.45) is 0 Å². The lowest BCUT2D eigenvalue weighted by molar-refractivity contribution is -0.384. The van der Waals surface area contributed by atoms with Gasteiger partial charge in [0.15, 0.2) is 0 Å². The first kappa shape index (κ1) is 14.8. The van der Waals surface area contributed by atoms with E-state index in [1.165, 1.54) is 6.07 Å². The number of hydrogen-bond donors (Lipinski definition) is 1. The fourth-order valence-electron chi connectivity index (χ4n) is 1.87. The third kappa shape index (κ3) is 3.92. The smallest absolute Gasteiger partial charge is 0.296 e. The average molecular weight is 287 g/mol. The molecule has 0 aliphatic carbocycles. The van der Waals surface area contributed by atoms with E-state index in [0.717, 1.165) is 11.3 Å². The predicted molar refractivity (Wildman–Crippen MR) is 80.6 cm³/mol. The second-order valence-electron chi connectivity index (χ2n) is 4.53. The van der Waals surface area contributed by atoms with Gasteiger partial charge in [0.1, 0.15) is 11.4 Å². The zero-order chi connectivity index (χ0) is 15.2. The van der Waals surface area contributed by atoms with Crippen molar-refractivity contribution in [3.05, 3.63) is 57.9 Å². The summed E-state index contributed by atoms with van der Waals surface area (Å²) < 4.78 is 5.29. The molecule has 0 saturated carbocycles. The van der Waals surface area contributed by atoms with Gasteiger partial charge in [-0.25, -0.2) is 0 Å². The van der Waals surface area contributed by atoms with Crippen LogP contribution in [0.2, 0.25) is 0 Å². The largest absolute Gasteiger partial charge is 0.494 e. The number of nitrogens with zero attached hydrogens (tertiary/aromatic N) is 2. The van der Waals surface area contributed by atoms with Crippen LogP contribution >= 0.6 is 0 Å². The Kier molecular flexibility index (Phi) is 4.71. The summed E-state index contributed by atoms with van der Waals surface area (Å²) in [7, 11) is 0. The summed E-state index contributed by atoms with van der Waals surface area (Å²) in [6, 6.07) is 8.65. The number of nitro benzene ring substituents is 1. The Balaban J connectivity index is 2.15. The topological polar surface area (TPSA) is 77.3 Å². The molecule has 0 radical (unpaired) electrons. The summed E-state index contributed by atoms with van der Waals surface area (Å²) >= 11 is 0. The maximum Gasteiger partial charge on any atom is 0.296 e. The number of nitrogens with one attached hydrogen (secondary N) is 1. The van der Waals surface area contributed by atoms with Crippen molar-refractivity contribution in [3.8, 4) is 5.75 Å². The monoisotopic (exact) mass is 287 g/mol. The molecule has 1 aromatic heterocycles. The fraction of sp³-hybridized carbons (Fsp3) is 0.267. The van der Waals surface area contributed by atoms with Gasteiger partial charge in [0.05, 0.1) is 17.6 Å². The van der Waals surface area contributed by atoms with E-state index in [4.69, 9.17) is 4.74 Å². The second kappa shape index (κ2) is 6.69. The first-order chi connectivity index (χ1) is 10.1. The van der Waals surface area contributed by atoms with E-state index in [1.807, 2.05) is 26.0 Å². The Morgan fingerprint density at radius 1 is 1.33 bits per heavy atom. The van der Waals surface area contributed by atoms with Crippen LogP contribution in [0.15, 0.2) is 36.5 Å². The fourth-order valence-corrected chi connectivity index (χ4v) is 1.87. The Bertz CT molecular complexity index is 627. The lowest BCUT2D eigenvalue weighted by Gasteiger charge is -2.09. The molecule has 1 aromatic carbocycles.